The molecule has 2 aromatic carbocycles. The van der Waals surface area contributed by atoms with Crippen LogP contribution in [0.3, 0.4) is 0 Å². The largest absolute Gasteiger partial charge is 0.481 e. The number of aliphatic hydroxyl groups is 1. The average molecular weight is 610 g/mol. The summed E-state index contributed by atoms with van der Waals surface area (Å²) < 4.78 is 7.98. The maximum absolute atomic E-state index is 14.6. The number of aliphatic carboxylic acids is 1. The standard InChI is InChI=1S/C28H28BrN5O6/c1-2-12-32(15-33-19-11-7-6-10-18(19)30-31-33)26(37)24-28-13-17(29)23(40-28)21(27(38)39)22(28)25(36)34(24)20(14-35)16-8-4-3-5-9-16/h2-11,17,20-24,35H,1,12-15H2,(H,38,39)/t17?,20-,21-,22+,23-,24-,28+/m1/s1. The third kappa shape index (κ3) is 3.88. The highest BCUT2D eigenvalue weighted by Crippen LogP contribution is 2.61. The Morgan fingerprint density at radius 3 is 2.65 bits per heavy atom. The second-order valence-electron chi connectivity index (χ2n) is 10.4. The van der Waals surface area contributed by atoms with E-state index >= 15 is 0 Å². The molecule has 0 aliphatic carbocycles. The number of carboxylic acid groups (broad SMARTS) is 1. The van der Waals surface area contributed by atoms with Crippen LogP contribution in [0.15, 0.2) is 67.3 Å². The number of fused-ring (bicyclic) bond motifs is 2. The van der Waals surface area contributed by atoms with Crippen LogP contribution in [0.2, 0.25) is 0 Å². The highest BCUT2D eigenvalue weighted by Gasteiger charge is 2.77. The monoisotopic (exact) mass is 609 g/mol. The van der Waals surface area contributed by atoms with Crippen LogP contribution in [0.5, 0.6) is 0 Å². The quantitative estimate of drug-likeness (QED) is 0.277. The van der Waals surface area contributed by atoms with E-state index < -0.39 is 60.0 Å². The maximum atomic E-state index is 14.6. The van der Waals surface area contributed by atoms with Gasteiger partial charge in [0.05, 0.1) is 36.1 Å². The van der Waals surface area contributed by atoms with Gasteiger partial charge in [-0.1, -0.05) is 69.7 Å². The lowest BCUT2D eigenvalue weighted by Gasteiger charge is -2.39. The summed E-state index contributed by atoms with van der Waals surface area (Å²) >= 11 is 3.56. The number of nitrogens with zero attached hydrogens (tertiary/aromatic N) is 5. The first-order valence-corrected chi connectivity index (χ1v) is 13.9. The molecule has 3 saturated heterocycles. The minimum absolute atomic E-state index is 0.0172. The van der Waals surface area contributed by atoms with Crippen molar-refractivity contribution >= 4 is 44.7 Å². The normalized spacial score (nSPS) is 29.5. The summed E-state index contributed by atoms with van der Waals surface area (Å²) in [5.74, 6) is -4.32. The zero-order valence-electron chi connectivity index (χ0n) is 21.4. The first-order chi connectivity index (χ1) is 19.3. The van der Waals surface area contributed by atoms with Crippen LogP contribution >= 0.6 is 15.9 Å². The minimum Gasteiger partial charge on any atom is -0.481 e. The summed E-state index contributed by atoms with van der Waals surface area (Å²) in [6.45, 7) is 3.50. The van der Waals surface area contributed by atoms with Crippen molar-refractivity contribution in [1.82, 2.24) is 24.8 Å². The first kappa shape index (κ1) is 26.6. The molecule has 1 spiro atoms. The van der Waals surface area contributed by atoms with Crippen LogP contribution < -0.4 is 0 Å². The van der Waals surface area contributed by atoms with E-state index in [1.807, 2.05) is 30.3 Å². The van der Waals surface area contributed by atoms with Gasteiger partial charge in [-0.15, -0.1) is 11.7 Å². The number of alkyl halides is 1. The van der Waals surface area contributed by atoms with Gasteiger partial charge in [-0.2, -0.15) is 0 Å². The zero-order valence-corrected chi connectivity index (χ0v) is 23.0. The lowest BCUT2D eigenvalue weighted by Crippen LogP contribution is -2.57. The van der Waals surface area contributed by atoms with Crippen molar-refractivity contribution in [3.8, 4) is 0 Å². The smallest absolute Gasteiger partial charge is 0.310 e. The van der Waals surface area contributed by atoms with Crippen LogP contribution in [-0.4, -0.2) is 88.5 Å². The summed E-state index contributed by atoms with van der Waals surface area (Å²) in [6, 6.07) is 14.2. The second kappa shape index (κ2) is 10.1. The summed E-state index contributed by atoms with van der Waals surface area (Å²) in [5.41, 5.74) is 0.629. The molecule has 0 radical (unpaired) electrons. The summed E-state index contributed by atoms with van der Waals surface area (Å²) in [6.07, 6.45) is 1.08. The number of aromatic nitrogens is 3. The molecule has 40 heavy (non-hydrogen) atoms. The van der Waals surface area contributed by atoms with Gasteiger partial charge < -0.3 is 24.7 Å². The molecule has 2 bridgehead atoms. The zero-order chi connectivity index (χ0) is 28.2. The molecule has 3 fully saturated rings. The summed E-state index contributed by atoms with van der Waals surface area (Å²) in [7, 11) is 0. The second-order valence-corrected chi connectivity index (χ2v) is 11.6. The molecule has 0 saturated carbocycles. The van der Waals surface area contributed by atoms with E-state index in [9.17, 15) is 24.6 Å². The van der Waals surface area contributed by atoms with Gasteiger partial charge in [-0.3, -0.25) is 14.4 Å². The Bertz CT molecular complexity index is 1480. The summed E-state index contributed by atoms with van der Waals surface area (Å²) in [5, 5.41) is 29.1. The van der Waals surface area contributed by atoms with Crippen molar-refractivity contribution < 1.29 is 29.3 Å². The van der Waals surface area contributed by atoms with Crippen LogP contribution in [0.25, 0.3) is 11.0 Å². The fourth-order valence-electron chi connectivity index (χ4n) is 6.72. The van der Waals surface area contributed by atoms with Gasteiger partial charge in [0, 0.05) is 11.4 Å². The Balaban J connectivity index is 1.46. The number of amides is 2. The average Bonchev–Trinajstić information content (AvgIpc) is 3.67. The Hall–Kier alpha value is -3.61. The minimum atomic E-state index is -1.39. The number of carbonyl (C=O) groups is 3. The molecule has 1 aromatic heterocycles. The fourth-order valence-corrected chi connectivity index (χ4v) is 7.67. The van der Waals surface area contributed by atoms with Crippen LogP contribution in [0.4, 0.5) is 0 Å². The highest BCUT2D eigenvalue weighted by atomic mass is 79.9. The number of likely N-dealkylation sites (tertiary alicyclic amines) is 1. The maximum Gasteiger partial charge on any atom is 0.310 e. The van der Waals surface area contributed by atoms with Crippen LogP contribution in [0, 0.1) is 11.8 Å². The molecule has 3 aliphatic rings. The predicted molar refractivity (Wildman–Crippen MR) is 146 cm³/mol. The van der Waals surface area contributed by atoms with Gasteiger partial charge >= 0.3 is 5.97 Å². The van der Waals surface area contributed by atoms with Crippen molar-refractivity contribution in [3.63, 3.8) is 0 Å². The molecule has 4 heterocycles. The summed E-state index contributed by atoms with van der Waals surface area (Å²) in [4.78, 5) is 43.7. The van der Waals surface area contributed by atoms with Crippen molar-refractivity contribution in [2.24, 2.45) is 11.8 Å². The number of benzene rings is 2. The number of rotatable bonds is 9. The van der Waals surface area contributed by atoms with Gasteiger partial charge in [0.15, 0.2) is 0 Å². The fraction of sp³-hybridized carbons (Fsp3) is 0.393. The van der Waals surface area contributed by atoms with Crippen molar-refractivity contribution in [1.29, 1.82) is 0 Å². The number of para-hydroxylation sites is 1. The number of ether oxygens (including phenoxy) is 1. The number of carboxylic acids is 1. The molecule has 6 rings (SSSR count). The molecule has 2 N–H and O–H groups in total. The Labute approximate surface area is 238 Å². The number of hydrogen-bond donors (Lipinski definition) is 2. The third-order valence-electron chi connectivity index (χ3n) is 8.33. The first-order valence-electron chi connectivity index (χ1n) is 13.0. The lowest BCUT2D eigenvalue weighted by molar-refractivity contribution is -0.154. The van der Waals surface area contributed by atoms with Crippen LogP contribution in [-0.2, 0) is 25.8 Å². The number of halogens is 1. The SMILES string of the molecule is C=CCN(Cn1nnc2ccccc21)C(=O)[C@H]1N([C@H](CO)c2ccccc2)C(=O)[C@@H]2[C@@H](C(=O)O)[C@@H]3O[C@@]21CC3Br. The molecule has 12 heteroatoms. The van der Waals surface area contributed by atoms with Gasteiger partial charge in [-0.25, -0.2) is 4.68 Å². The van der Waals surface area contributed by atoms with E-state index in [-0.39, 0.29) is 24.5 Å². The molecule has 3 aliphatic heterocycles. The van der Waals surface area contributed by atoms with Gasteiger partial charge in [-0.05, 0) is 24.1 Å². The van der Waals surface area contributed by atoms with E-state index in [0.717, 1.165) is 5.52 Å². The number of aliphatic hydroxyl groups excluding tert-OH is 1. The number of hydrogen-bond acceptors (Lipinski definition) is 7. The molecular weight excluding hydrogens is 582 g/mol. The molecular formula is C28H28BrN5O6. The van der Waals surface area contributed by atoms with E-state index in [2.05, 4.69) is 32.8 Å². The predicted octanol–water partition coefficient (Wildman–Crippen LogP) is 1.97. The molecule has 208 valence electrons. The molecule has 3 aromatic rings. The van der Waals surface area contributed by atoms with E-state index in [1.54, 1.807) is 35.0 Å². The van der Waals surface area contributed by atoms with E-state index in [0.29, 0.717) is 11.1 Å². The van der Waals surface area contributed by atoms with Crippen LogP contribution in [0.1, 0.15) is 18.0 Å². The third-order valence-corrected chi connectivity index (χ3v) is 9.17. The molecule has 7 atom stereocenters. The van der Waals surface area contributed by atoms with Crippen molar-refractivity contribution in [2.45, 2.75) is 41.7 Å². The van der Waals surface area contributed by atoms with Gasteiger partial charge in [0.2, 0.25) is 11.8 Å². The van der Waals surface area contributed by atoms with Gasteiger partial charge in [0.25, 0.3) is 0 Å². The van der Waals surface area contributed by atoms with Crippen molar-refractivity contribution in [3.05, 3.63) is 72.8 Å². The highest BCUT2D eigenvalue weighted by molar-refractivity contribution is 9.09. The molecule has 1 unspecified atom stereocenters. The number of carbonyl (C=O) groups excluding carboxylic acids is 2. The van der Waals surface area contributed by atoms with Crippen molar-refractivity contribution in [2.75, 3.05) is 13.2 Å². The lowest BCUT2D eigenvalue weighted by atomic mass is 9.70. The Kier molecular flexibility index (Phi) is 6.71. The Morgan fingerprint density at radius 2 is 1.95 bits per heavy atom. The Morgan fingerprint density at radius 1 is 1.23 bits per heavy atom. The topological polar surface area (TPSA) is 138 Å². The van der Waals surface area contributed by atoms with Gasteiger partial charge in [0.1, 0.15) is 23.8 Å². The molecule has 2 amide bonds. The van der Waals surface area contributed by atoms with E-state index in [4.69, 9.17) is 4.74 Å². The molecule has 11 nitrogen and oxygen atoms in total. The van der Waals surface area contributed by atoms with E-state index in [1.165, 1.54) is 9.80 Å².